The van der Waals surface area contributed by atoms with Crippen molar-refractivity contribution in [2.45, 2.75) is 19.9 Å². The molecular formula is C24H24N4O3. The third-order valence-electron chi connectivity index (χ3n) is 5.65. The number of hydrogen-bond donors (Lipinski definition) is 0. The second-order valence-corrected chi connectivity index (χ2v) is 7.76. The number of piperazine rings is 1. The third kappa shape index (κ3) is 4.12. The van der Waals surface area contributed by atoms with Gasteiger partial charge in [-0.05, 0) is 49.7 Å². The summed E-state index contributed by atoms with van der Waals surface area (Å²) in [5.74, 6) is -1.11. The Balaban J connectivity index is 1.45. The van der Waals surface area contributed by atoms with Crippen molar-refractivity contribution in [1.29, 1.82) is 0 Å². The lowest BCUT2D eigenvalue weighted by Crippen LogP contribution is -2.56. The first-order chi connectivity index (χ1) is 15.0. The van der Waals surface area contributed by atoms with E-state index in [2.05, 4.69) is 4.98 Å². The molecule has 0 bridgehead atoms. The Kier molecular flexibility index (Phi) is 5.66. The summed E-state index contributed by atoms with van der Waals surface area (Å²) in [7, 11) is 0. The number of rotatable bonds is 4. The Labute approximate surface area is 180 Å². The summed E-state index contributed by atoms with van der Waals surface area (Å²) >= 11 is 0. The first-order valence-electron chi connectivity index (χ1n) is 10.2. The molecule has 31 heavy (non-hydrogen) atoms. The Morgan fingerprint density at radius 2 is 1.81 bits per heavy atom. The molecule has 0 N–H and O–H groups in total. The fraction of sp³-hybridized carbons (Fsp3) is 0.250. The zero-order valence-corrected chi connectivity index (χ0v) is 17.6. The molecule has 1 atom stereocenters. The molecule has 3 aromatic rings. The molecule has 1 saturated heterocycles. The highest BCUT2D eigenvalue weighted by molar-refractivity contribution is 6.43. The van der Waals surface area contributed by atoms with Crippen LogP contribution in [0.2, 0.25) is 0 Å². The van der Waals surface area contributed by atoms with Gasteiger partial charge in [-0.25, -0.2) is 4.98 Å². The lowest BCUT2D eigenvalue weighted by atomic mass is 10.0. The van der Waals surface area contributed by atoms with E-state index in [0.717, 1.165) is 11.3 Å². The maximum absolute atomic E-state index is 13.0. The summed E-state index contributed by atoms with van der Waals surface area (Å²) < 4.78 is 1.84. The molecule has 1 aromatic heterocycles. The summed E-state index contributed by atoms with van der Waals surface area (Å²) in [6.45, 7) is 4.81. The molecule has 2 heterocycles. The Morgan fingerprint density at radius 1 is 1.03 bits per heavy atom. The van der Waals surface area contributed by atoms with Crippen LogP contribution in [0.5, 0.6) is 0 Å². The minimum absolute atomic E-state index is 0.0585. The average molecular weight is 416 g/mol. The van der Waals surface area contributed by atoms with Gasteiger partial charge in [0.05, 0.1) is 6.33 Å². The van der Waals surface area contributed by atoms with Crippen LogP contribution >= 0.6 is 0 Å². The molecule has 0 aliphatic carbocycles. The number of carbonyl (C=O) groups excluding carboxylic acids is 3. The fourth-order valence-electron chi connectivity index (χ4n) is 3.93. The molecule has 2 aromatic carbocycles. The van der Waals surface area contributed by atoms with Crippen LogP contribution in [0.15, 0.2) is 67.3 Å². The second kappa shape index (κ2) is 8.55. The van der Waals surface area contributed by atoms with Crippen molar-refractivity contribution in [2.75, 3.05) is 19.6 Å². The summed E-state index contributed by atoms with van der Waals surface area (Å²) in [5, 5.41) is 0. The van der Waals surface area contributed by atoms with Gasteiger partial charge in [-0.3, -0.25) is 14.4 Å². The van der Waals surface area contributed by atoms with Crippen molar-refractivity contribution < 1.29 is 14.4 Å². The molecule has 7 nitrogen and oxygen atoms in total. The van der Waals surface area contributed by atoms with E-state index >= 15 is 0 Å². The molecule has 1 unspecified atom stereocenters. The lowest BCUT2D eigenvalue weighted by molar-refractivity contribution is -0.130. The minimum Gasteiger partial charge on any atom is -0.335 e. The van der Waals surface area contributed by atoms with E-state index in [4.69, 9.17) is 0 Å². The van der Waals surface area contributed by atoms with Gasteiger partial charge in [0.1, 0.15) is 0 Å². The smallest absolute Gasteiger partial charge is 0.295 e. The Bertz CT molecular complexity index is 1110. The number of ketones is 1. The van der Waals surface area contributed by atoms with Gasteiger partial charge < -0.3 is 14.4 Å². The standard InChI is InChI=1S/C24H24N4O3/c1-17-14-20(27-11-10-25-16-27)8-9-21(17)22(29)24(31)28-13-12-26(15-18(28)2)23(30)19-6-4-3-5-7-19/h3-11,14,16,18H,12-13,15H2,1-2H3. The molecule has 1 aliphatic heterocycles. The fourth-order valence-corrected chi connectivity index (χ4v) is 3.93. The van der Waals surface area contributed by atoms with E-state index in [0.29, 0.717) is 30.8 Å². The van der Waals surface area contributed by atoms with E-state index in [9.17, 15) is 14.4 Å². The van der Waals surface area contributed by atoms with E-state index in [-0.39, 0.29) is 11.9 Å². The van der Waals surface area contributed by atoms with Gasteiger partial charge >= 0.3 is 0 Å². The van der Waals surface area contributed by atoms with E-state index in [1.165, 1.54) is 0 Å². The molecule has 158 valence electrons. The molecule has 0 radical (unpaired) electrons. The predicted molar refractivity (Wildman–Crippen MR) is 116 cm³/mol. The molecule has 1 fully saturated rings. The van der Waals surface area contributed by atoms with Crippen molar-refractivity contribution in [3.8, 4) is 5.69 Å². The lowest BCUT2D eigenvalue weighted by Gasteiger charge is -2.39. The number of carbonyl (C=O) groups is 3. The van der Waals surface area contributed by atoms with Crippen LogP contribution in [-0.2, 0) is 4.79 Å². The summed E-state index contributed by atoms with van der Waals surface area (Å²) in [5.41, 5.74) is 2.62. The molecule has 2 amide bonds. The van der Waals surface area contributed by atoms with Gasteiger partial charge in [0, 0.05) is 54.9 Å². The number of aromatic nitrogens is 2. The number of amides is 2. The SMILES string of the molecule is Cc1cc(-n2ccnc2)ccc1C(=O)C(=O)N1CCN(C(=O)c2ccccc2)CC1C. The zero-order chi connectivity index (χ0) is 22.0. The highest BCUT2D eigenvalue weighted by atomic mass is 16.2. The number of Topliss-reactive ketones (excluding diaryl/α,β-unsaturated/α-hetero) is 1. The van der Waals surface area contributed by atoms with Gasteiger partial charge in [0.2, 0.25) is 0 Å². The monoisotopic (exact) mass is 416 g/mol. The van der Waals surface area contributed by atoms with Crippen LogP contribution in [0, 0.1) is 6.92 Å². The van der Waals surface area contributed by atoms with Crippen molar-refractivity contribution in [3.63, 3.8) is 0 Å². The Morgan fingerprint density at radius 3 is 2.45 bits per heavy atom. The quantitative estimate of drug-likeness (QED) is 0.484. The average Bonchev–Trinajstić information content (AvgIpc) is 3.33. The van der Waals surface area contributed by atoms with Crippen LogP contribution in [0.25, 0.3) is 5.69 Å². The van der Waals surface area contributed by atoms with Gasteiger partial charge in [0.15, 0.2) is 0 Å². The second-order valence-electron chi connectivity index (χ2n) is 7.76. The third-order valence-corrected chi connectivity index (χ3v) is 5.65. The van der Waals surface area contributed by atoms with Crippen molar-refractivity contribution in [2.24, 2.45) is 0 Å². The van der Waals surface area contributed by atoms with E-state index in [1.54, 1.807) is 46.6 Å². The molecule has 4 rings (SSSR count). The van der Waals surface area contributed by atoms with E-state index in [1.807, 2.05) is 48.9 Å². The van der Waals surface area contributed by atoms with Crippen LogP contribution in [0.3, 0.4) is 0 Å². The summed E-state index contributed by atoms with van der Waals surface area (Å²) in [6, 6.07) is 14.2. The van der Waals surface area contributed by atoms with Gasteiger partial charge in [-0.15, -0.1) is 0 Å². The van der Waals surface area contributed by atoms with Crippen molar-refractivity contribution in [1.82, 2.24) is 19.4 Å². The maximum Gasteiger partial charge on any atom is 0.295 e. The largest absolute Gasteiger partial charge is 0.335 e. The molecule has 0 spiro atoms. The number of aryl methyl sites for hydroxylation is 1. The first-order valence-corrected chi connectivity index (χ1v) is 10.2. The minimum atomic E-state index is -0.530. The topological polar surface area (TPSA) is 75.5 Å². The highest BCUT2D eigenvalue weighted by Crippen LogP contribution is 2.19. The zero-order valence-electron chi connectivity index (χ0n) is 17.6. The van der Waals surface area contributed by atoms with Crippen molar-refractivity contribution >= 4 is 17.6 Å². The first kappa shape index (κ1) is 20.5. The highest BCUT2D eigenvalue weighted by Gasteiger charge is 2.33. The van der Waals surface area contributed by atoms with Crippen LogP contribution < -0.4 is 0 Å². The normalized spacial score (nSPS) is 16.3. The molecular weight excluding hydrogens is 392 g/mol. The number of hydrogen-bond acceptors (Lipinski definition) is 4. The molecule has 0 saturated carbocycles. The van der Waals surface area contributed by atoms with Gasteiger partial charge in [0.25, 0.3) is 17.6 Å². The van der Waals surface area contributed by atoms with Gasteiger partial charge in [-0.2, -0.15) is 0 Å². The van der Waals surface area contributed by atoms with Crippen LogP contribution in [0.1, 0.15) is 33.2 Å². The van der Waals surface area contributed by atoms with Crippen LogP contribution in [0.4, 0.5) is 0 Å². The molecule has 7 heteroatoms. The maximum atomic E-state index is 13.0. The van der Waals surface area contributed by atoms with Crippen LogP contribution in [-0.4, -0.2) is 62.6 Å². The Hall–Kier alpha value is -3.74. The predicted octanol–water partition coefficient (Wildman–Crippen LogP) is 2.74. The molecule has 1 aliphatic rings. The number of nitrogens with zero attached hydrogens (tertiary/aromatic N) is 4. The summed E-state index contributed by atoms with van der Waals surface area (Å²) in [6.07, 6.45) is 5.18. The van der Waals surface area contributed by atoms with Crippen molar-refractivity contribution in [3.05, 3.63) is 83.9 Å². The summed E-state index contributed by atoms with van der Waals surface area (Å²) in [4.78, 5) is 46.0. The number of benzene rings is 2. The number of imidazole rings is 1. The van der Waals surface area contributed by atoms with Gasteiger partial charge in [-0.1, -0.05) is 18.2 Å². The van der Waals surface area contributed by atoms with E-state index < -0.39 is 11.7 Å².